The van der Waals surface area contributed by atoms with E-state index in [0.717, 1.165) is 24.0 Å². The van der Waals surface area contributed by atoms with Crippen molar-refractivity contribution in [1.29, 1.82) is 0 Å². The van der Waals surface area contributed by atoms with E-state index in [1.807, 2.05) is 0 Å². The summed E-state index contributed by atoms with van der Waals surface area (Å²) >= 11 is 3.15. The Bertz CT molecular complexity index is 325. The standard InChI is InChI=1S/C9H9BrFN/c10-7-4-6-5(3-8(7)11)1-2-9(6)12/h3-4,9H,1-2,12H2. The summed E-state index contributed by atoms with van der Waals surface area (Å²) in [7, 11) is 0. The molecule has 64 valence electrons. The van der Waals surface area contributed by atoms with Gasteiger partial charge in [-0.05, 0) is 52.0 Å². The molecule has 0 saturated heterocycles. The second kappa shape index (κ2) is 2.82. The third kappa shape index (κ3) is 1.17. The summed E-state index contributed by atoms with van der Waals surface area (Å²) in [4.78, 5) is 0. The fourth-order valence-electron chi connectivity index (χ4n) is 1.63. The summed E-state index contributed by atoms with van der Waals surface area (Å²) in [6, 6.07) is 3.46. The van der Waals surface area contributed by atoms with Crippen LogP contribution in [0.4, 0.5) is 4.39 Å². The first-order valence-corrected chi connectivity index (χ1v) is 4.71. The molecule has 1 aliphatic carbocycles. The molecular formula is C9H9BrFN. The topological polar surface area (TPSA) is 26.0 Å². The zero-order valence-corrected chi connectivity index (χ0v) is 8.07. The van der Waals surface area contributed by atoms with Crippen molar-refractivity contribution in [2.24, 2.45) is 5.73 Å². The van der Waals surface area contributed by atoms with Gasteiger partial charge in [-0.15, -0.1) is 0 Å². The lowest BCUT2D eigenvalue weighted by molar-refractivity contribution is 0.619. The maximum atomic E-state index is 13.0. The summed E-state index contributed by atoms with van der Waals surface area (Å²) in [5.41, 5.74) is 7.97. The summed E-state index contributed by atoms with van der Waals surface area (Å²) in [6.45, 7) is 0. The molecule has 0 spiro atoms. The van der Waals surface area contributed by atoms with Crippen LogP contribution in [0.5, 0.6) is 0 Å². The van der Waals surface area contributed by atoms with Crippen LogP contribution in [-0.2, 0) is 6.42 Å². The van der Waals surface area contributed by atoms with Crippen LogP contribution >= 0.6 is 15.9 Å². The number of fused-ring (bicyclic) bond motifs is 1. The fraction of sp³-hybridized carbons (Fsp3) is 0.333. The number of hydrogen-bond acceptors (Lipinski definition) is 1. The van der Waals surface area contributed by atoms with E-state index in [2.05, 4.69) is 15.9 Å². The summed E-state index contributed by atoms with van der Waals surface area (Å²) < 4.78 is 13.5. The van der Waals surface area contributed by atoms with E-state index in [1.165, 1.54) is 0 Å². The molecule has 2 rings (SSSR count). The van der Waals surface area contributed by atoms with E-state index in [4.69, 9.17) is 5.73 Å². The highest BCUT2D eigenvalue weighted by Gasteiger charge is 2.20. The molecule has 2 N–H and O–H groups in total. The molecule has 1 aliphatic rings. The van der Waals surface area contributed by atoms with Crippen molar-refractivity contribution in [1.82, 2.24) is 0 Å². The van der Waals surface area contributed by atoms with Crippen LogP contribution in [0.3, 0.4) is 0 Å². The van der Waals surface area contributed by atoms with Gasteiger partial charge in [0.1, 0.15) is 5.82 Å². The van der Waals surface area contributed by atoms with E-state index in [1.54, 1.807) is 12.1 Å². The number of halogens is 2. The van der Waals surface area contributed by atoms with Gasteiger partial charge in [-0.2, -0.15) is 0 Å². The van der Waals surface area contributed by atoms with Crippen molar-refractivity contribution in [3.05, 3.63) is 33.5 Å². The highest BCUT2D eigenvalue weighted by molar-refractivity contribution is 9.10. The predicted molar refractivity (Wildman–Crippen MR) is 49.3 cm³/mol. The SMILES string of the molecule is NC1CCc2cc(F)c(Br)cc21. The Hall–Kier alpha value is -0.410. The van der Waals surface area contributed by atoms with Gasteiger partial charge in [0.05, 0.1) is 4.47 Å². The van der Waals surface area contributed by atoms with E-state index in [-0.39, 0.29) is 11.9 Å². The van der Waals surface area contributed by atoms with Crippen molar-refractivity contribution in [3.63, 3.8) is 0 Å². The summed E-state index contributed by atoms with van der Waals surface area (Å²) in [5.74, 6) is -0.192. The first-order chi connectivity index (χ1) is 5.68. The van der Waals surface area contributed by atoms with E-state index < -0.39 is 0 Å². The van der Waals surface area contributed by atoms with Gasteiger partial charge < -0.3 is 5.73 Å². The van der Waals surface area contributed by atoms with Gasteiger partial charge in [0.15, 0.2) is 0 Å². The van der Waals surface area contributed by atoms with Crippen molar-refractivity contribution in [2.45, 2.75) is 18.9 Å². The van der Waals surface area contributed by atoms with E-state index in [0.29, 0.717) is 4.47 Å². The molecule has 0 fully saturated rings. The second-order valence-electron chi connectivity index (χ2n) is 3.11. The average Bonchev–Trinajstić information content (AvgIpc) is 2.35. The number of rotatable bonds is 0. The normalized spacial score (nSPS) is 21.1. The molecule has 0 aliphatic heterocycles. The first-order valence-electron chi connectivity index (χ1n) is 3.92. The Morgan fingerprint density at radius 1 is 1.50 bits per heavy atom. The third-order valence-electron chi connectivity index (χ3n) is 2.31. The Kier molecular flexibility index (Phi) is 1.93. The first kappa shape index (κ1) is 8.20. The van der Waals surface area contributed by atoms with Crippen molar-refractivity contribution < 1.29 is 4.39 Å². The second-order valence-corrected chi connectivity index (χ2v) is 3.96. The van der Waals surface area contributed by atoms with Crippen LogP contribution in [-0.4, -0.2) is 0 Å². The Morgan fingerprint density at radius 2 is 2.25 bits per heavy atom. The maximum absolute atomic E-state index is 13.0. The van der Waals surface area contributed by atoms with Gasteiger partial charge in [-0.1, -0.05) is 0 Å². The fourth-order valence-corrected chi connectivity index (χ4v) is 1.99. The Morgan fingerprint density at radius 3 is 3.00 bits per heavy atom. The molecule has 3 heteroatoms. The lowest BCUT2D eigenvalue weighted by atomic mass is 10.1. The molecule has 12 heavy (non-hydrogen) atoms. The van der Waals surface area contributed by atoms with Crippen molar-refractivity contribution in [3.8, 4) is 0 Å². The maximum Gasteiger partial charge on any atom is 0.137 e. The van der Waals surface area contributed by atoms with Crippen LogP contribution in [0.1, 0.15) is 23.6 Å². The number of aryl methyl sites for hydroxylation is 1. The smallest absolute Gasteiger partial charge is 0.137 e. The minimum Gasteiger partial charge on any atom is -0.324 e. The Labute approximate surface area is 78.9 Å². The van der Waals surface area contributed by atoms with Crippen LogP contribution in [0.25, 0.3) is 0 Å². The number of benzene rings is 1. The molecule has 0 heterocycles. The predicted octanol–water partition coefficient (Wildman–Crippen LogP) is 2.53. The third-order valence-corrected chi connectivity index (χ3v) is 2.91. The molecule has 1 aromatic rings. The monoisotopic (exact) mass is 229 g/mol. The number of nitrogens with two attached hydrogens (primary N) is 1. The summed E-state index contributed by atoms with van der Waals surface area (Å²) in [6.07, 6.45) is 1.84. The van der Waals surface area contributed by atoms with Crippen LogP contribution in [0.2, 0.25) is 0 Å². The highest BCUT2D eigenvalue weighted by Crippen LogP contribution is 2.32. The van der Waals surface area contributed by atoms with E-state index in [9.17, 15) is 4.39 Å². The molecule has 1 atom stereocenters. The quantitative estimate of drug-likeness (QED) is 0.728. The summed E-state index contributed by atoms with van der Waals surface area (Å²) in [5, 5.41) is 0. The largest absolute Gasteiger partial charge is 0.324 e. The minimum atomic E-state index is -0.192. The van der Waals surface area contributed by atoms with Gasteiger partial charge in [0.2, 0.25) is 0 Å². The van der Waals surface area contributed by atoms with Gasteiger partial charge in [-0.25, -0.2) is 4.39 Å². The molecule has 0 aromatic heterocycles. The van der Waals surface area contributed by atoms with Gasteiger partial charge in [0, 0.05) is 6.04 Å². The number of hydrogen-bond donors (Lipinski definition) is 1. The molecule has 1 nitrogen and oxygen atoms in total. The van der Waals surface area contributed by atoms with Gasteiger partial charge in [0.25, 0.3) is 0 Å². The minimum absolute atomic E-state index is 0.0944. The molecule has 0 saturated carbocycles. The van der Waals surface area contributed by atoms with Crippen LogP contribution in [0.15, 0.2) is 16.6 Å². The van der Waals surface area contributed by atoms with Gasteiger partial charge in [-0.3, -0.25) is 0 Å². The lowest BCUT2D eigenvalue weighted by Crippen LogP contribution is -2.05. The molecule has 1 unspecified atom stereocenters. The van der Waals surface area contributed by atoms with E-state index >= 15 is 0 Å². The molecule has 0 amide bonds. The lowest BCUT2D eigenvalue weighted by Gasteiger charge is -2.05. The zero-order chi connectivity index (χ0) is 8.72. The zero-order valence-electron chi connectivity index (χ0n) is 6.48. The molecule has 1 aromatic carbocycles. The van der Waals surface area contributed by atoms with Crippen molar-refractivity contribution in [2.75, 3.05) is 0 Å². The van der Waals surface area contributed by atoms with Crippen molar-refractivity contribution >= 4 is 15.9 Å². The molecular weight excluding hydrogens is 221 g/mol. The van der Waals surface area contributed by atoms with Crippen LogP contribution < -0.4 is 5.73 Å². The highest BCUT2D eigenvalue weighted by atomic mass is 79.9. The average molecular weight is 230 g/mol. The molecule has 0 radical (unpaired) electrons. The Balaban J connectivity index is 2.56. The van der Waals surface area contributed by atoms with Gasteiger partial charge >= 0.3 is 0 Å². The molecule has 0 bridgehead atoms. The van der Waals surface area contributed by atoms with Crippen LogP contribution in [0, 0.1) is 5.82 Å².